The monoisotopic (exact) mass is 310 g/mol. The van der Waals surface area contributed by atoms with Crippen LogP contribution in [0.3, 0.4) is 0 Å². The Hall–Kier alpha value is -3.00. The number of carbonyl (C=O) groups is 1. The normalized spacial score (nSPS) is 9.78. The molecule has 0 atom stereocenters. The number of hydrogen-bond donors (Lipinski definition) is 1. The van der Waals surface area contributed by atoms with Crippen molar-refractivity contribution in [1.82, 2.24) is 0 Å². The maximum atomic E-state index is 12.3. The van der Waals surface area contributed by atoms with E-state index in [2.05, 4.69) is 11.4 Å². The fraction of sp³-hybridized carbons (Fsp3) is 0.222. The summed E-state index contributed by atoms with van der Waals surface area (Å²) in [6.45, 7) is 2.36. The summed E-state index contributed by atoms with van der Waals surface area (Å²) in [6, 6.07) is 14.3. The van der Waals surface area contributed by atoms with Crippen LogP contribution in [0.25, 0.3) is 0 Å². The first-order valence-corrected chi connectivity index (χ1v) is 7.26. The highest BCUT2D eigenvalue weighted by molar-refractivity contribution is 6.04. The average molecular weight is 310 g/mol. The molecule has 0 spiro atoms. The Balaban J connectivity index is 2.14. The van der Waals surface area contributed by atoms with Crippen molar-refractivity contribution in [2.45, 2.75) is 13.3 Å². The van der Waals surface area contributed by atoms with Crippen molar-refractivity contribution in [2.24, 2.45) is 0 Å². The van der Waals surface area contributed by atoms with Gasteiger partial charge in [-0.2, -0.15) is 5.26 Å². The SMILES string of the molecule is CCOc1cc(C(=O)Nc2ccc(CC#N)cc2)ccc1OC. The highest BCUT2D eigenvalue weighted by Gasteiger charge is 2.11. The Kier molecular flexibility index (Phi) is 5.59. The lowest BCUT2D eigenvalue weighted by atomic mass is 10.1. The van der Waals surface area contributed by atoms with Crippen molar-refractivity contribution in [3.63, 3.8) is 0 Å². The van der Waals surface area contributed by atoms with Crippen LogP contribution in [-0.4, -0.2) is 19.6 Å². The first-order chi connectivity index (χ1) is 11.2. The summed E-state index contributed by atoms with van der Waals surface area (Å²) >= 11 is 0. The molecule has 5 nitrogen and oxygen atoms in total. The number of methoxy groups -OCH3 is 1. The molecule has 0 bridgehead atoms. The van der Waals surface area contributed by atoms with Crippen molar-refractivity contribution in [1.29, 1.82) is 5.26 Å². The maximum Gasteiger partial charge on any atom is 0.255 e. The van der Waals surface area contributed by atoms with Crippen molar-refractivity contribution in [3.05, 3.63) is 53.6 Å². The summed E-state index contributed by atoms with van der Waals surface area (Å²) in [5.41, 5.74) is 2.06. The number of nitriles is 1. The van der Waals surface area contributed by atoms with Crippen molar-refractivity contribution >= 4 is 11.6 Å². The zero-order valence-corrected chi connectivity index (χ0v) is 13.1. The average Bonchev–Trinajstić information content (AvgIpc) is 2.57. The Bertz CT molecular complexity index is 718. The van der Waals surface area contributed by atoms with Gasteiger partial charge in [0.05, 0.1) is 26.2 Å². The highest BCUT2D eigenvalue weighted by Crippen LogP contribution is 2.28. The number of amides is 1. The lowest BCUT2D eigenvalue weighted by molar-refractivity contribution is 0.102. The quantitative estimate of drug-likeness (QED) is 0.887. The zero-order valence-electron chi connectivity index (χ0n) is 13.1. The number of benzene rings is 2. The van der Waals surface area contributed by atoms with E-state index in [1.165, 1.54) is 0 Å². The van der Waals surface area contributed by atoms with Crippen molar-refractivity contribution in [3.8, 4) is 17.6 Å². The van der Waals surface area contributed by atoms with Gasteiger partial charge in [-0.3, -0.25) is 4.79 Å². The van der Waals surface area contributed by atoms with Gasteiger partial charge in [-0.15, -0.1) is 0 Å². The van der Waals surface area contributed by atoms with Gasteiger partial charge >= 0.3 is 0 Å². The fourth-order valence-electron chi connectivity index (χ4n) is 2.09. The molecule has 1 amide bonds. The van der Waals surface area contributed by atoms with Crippen LogP contribution in [0.5, 0.6) is 11.5 Å². The van der Waals surface area contributed by atoms with Gasteiger partial charge < -0.3 is 14.8 Å². The number of nitrogens with zero attached hydrogens (tertiary/aromatic N) is 1. The van der Waals surface area contributed by atoms with Crippen LogP contribution >= 0.6 is 0 Å². The third kappa shape index (κ3) is 4.24. The molecule has 0 saturated heterocycles. The fourth-order valence-corrected chi connectivity index (χ4v) is 2.09. The van der Waals surface area contributed by atoms with Crippen molar-refractivity contribution in [2.75, 3.05) is 19.0 Å². The molecule has 0 heterocycles. The number of anilines is 1. The lowest BCUT2D eigenvalue weighted by Gasteiger charge is -2.11. The smallest absolute Gasteiger partial charge is 0.255 e. The predicted molar refractivity (Wildman–Crippen MR) is 87.9 cm³/mol. The van der Waals surface area contributed by atoms with Crippen LogP contribution in [0.4, 0.5) is 5.69 Å². The van der Waals surface area contributed by atoms with E-state index in [1.807, 2.05) is 19.1 Å². The molecule has 23 heavy (non-hydrogen) atoms. The summed E-state index contributed by atoms with van der Waals surface area (Å²) in [4.78, 5) is 12.3. The summed E-state index contributed by atoms with van der Waals surface area (Å²) in [6.07, 6.45) is 0.352. The topological polar surface area (TPSA) is 71.3 Å². The van der Waals surface area contributed by atoms with Gasteiger partial charge in [0, 0.05) is 11.3 Å². The second-order valence-corrected chi connectivity index (χ2v) is 4.78. The van der Waals surface area contributed by atoms with Gasteiger partial charge in [0.2, 0.25) is 0 Å². The van der Waals surface area contributed by atoms with E-state index in [4.69, 9.17) is 14.7 Å². The molecular formula is C18H18N2O3. The minimum absolute atomic E-state index is 0.235. The van der Waals surface area contributed by atoms with E-state index in [-0.39, 0.29) is 5.91 Å². The maximum absolute atomic E-state index is 12.3. The van der Waals surface area contributed by atoms with Crippen molar-refractivity contribution < 1.29 is 14.3 Å². The number of rotatable bonds is 6. The molecular weight excluding hydrogens is 292 g/mol. The molecule has 0 fully saturated rings. The van der Waals surface area contributed by atoms with E-state index >= 15 is 0 Å². The first-order valence-electron chi connectivity index (χ1n) is 7.26. The van der Waals surface area contributed by atoms with Gasteiger partial charge in [0.15, 0.2) is 11.5 Å². The Morgan fingerprint density at radius 2 is 1.91 bits per heavy atom. The molecule has 0 saturated carbocycles. The van der Waals surface area contributed by atoms with E-state index in [1.54, 1.807) is 37.4 Å². The van der Waals surface area contributed by atoms with Crippen LogP contribution in [0, 0.1) is 11.3 Å². The Labute approximate surface area is 135 Å². The first kappa shape index (κ1) is 16.4. The molecule has 0 aliphatic rings. The molecule has 0 aromatic heterocycles. The highest BCUT2D eigenvalue weighted by atomic mass is 16.5. The summed E-state index contributed by atoms with van der Waals surface area (Å²) in [5.74, 6) is 0.887. The van der Waals surface area contributed by atoms with Gasteiger partial charge in [-0.1, -0.05) is 12.1 Å². The van der Waals surface area contributed by atoms with Crippen LogP contribution in [0.1, 0.15) is 22.8 Å². The molecule has 0 aliphatic heterocycles. The number of nitrogens with one attached hydrogen (secondary N) is 1. The van der Waals surface area contributed by atoms with E-state index in [0.29, 0.717) is 35.8 Å². The third-order valence-electron chi connectivity index (χ3n) is 3.22. The third-order valence-corrected chi connectivity index (χ3v) is 3.22. The molecule has 2 aromatic rings. The lowest BCUT2D eigenvalue weighted by Crippen LogP contribution is -2.12. The molecule has 1 N–H and O–H groups in total. The number of ether oxygens (including phenoxy) is 2. The summed E-state index contributed by atoms with van der Waals surface area (Å²) < 4.78 is 10.7. The zero-order chi connectivity index (χ0) is 16.7. The van der Waals surface area contributed by atoms with Gasteiger partial charge in [-0.05, 0) is 42.8 Å². The minimum atomic E-state index is -0.235. The van der Waals surface area contributed by atoms with E-state index in [0.717, 1.165) is 5.56 Å². The van der Waals surface area contributed by atoms with E-state index < -0.39 is 0 Å². The molecule has 5 heteroatoms. The largest absolute Gasteiger partial charge is 0.493 e. The summed E-state index contributed by atoms with van der Waals surface area (Å²) in [5, 5.41) is 11.5. The molecule has 2 rings (SSSR count). The number of carbonyl (C=O) groups excluding carboxylic acids is 1. The predicted octanol–water partition coefficient (Wildman–Crippen LogP) is 3.41. The van der Waals surface area contributed by atoms with Crippen LogP contribution in [0.15, 0.2) is 42.5 Å². The van der Waals surface area contributed by atoms with Crippen LogP contribution in [-0.2, 0) is 6.42 Å². The Morgan fingerprint density at radius 3 is 2.52 bits per heavy atom. The second kappa shape index (κ2) is 7.85. The van der Waals surface area contributed by atoms with Crippen LogP contribution < -0.4 is 14.8 Å². The molecule has 2 aromatic carbocycles. The Morgan fingerprint density at radius 1 is 1.17 bits per heavy atom. The van der Waals surface area contributed by atoms with Crippen LogP contribution in [0.2, 0.25) is 0 Å². The molecule has 0 unspecified atom stereocenters. The second-order valence-electron chi connectivity index (χ2n) is 4.78. The van der Waals surface area contributed by atoms with Gasteiger partial charge in [0.1, 0.15) is 0 Å². The van der Waals surface area contributed by atoms with E-state index in [9.17, 15) is 4.79 Å². The standard InChI is InChI=1S/C18H18N2O3/c1-3-23-17-12-14(6-9-16(17)22-2)18(21)20-15-7-4-13(5-8-15)10-11-19/h4-9,12H,3,10H2,1-2H3,(H,20,21). The summed E-state index contributed by atoms with van der Waals surface area (Å²) in [7, 11) is 1.56. The molecule has 0 radical (unpaired) electrons. The number of hydrogen-bond acceptors (Lipinski definition) is 4. The van der Waals surface area contributed by atoms with Gasteiger partial charge in [0.25, 0.3) is 5.91 Å². The molecule has 0 aliphatic carbocycles. The molecule has 118 valence electrons. The van der Waals surface area contributed by atoms with Gasteiger partial charge in [-0.25, -0.2) is 0 Å². The minimum Gasteiger partial charge on any atom is -0.493 e.